The van der Waals surface area contributed by atoms with Crippen molar-refractivity contribution in [2.24, 2.45) is 52.3 Å². The molecule has 0 amide bonds. The monoisotopic (exact) mass is 516 g/mol. The molecule has 6 heteroatoms. The number of rotatable bonds is 2. The normalized spacial score (nSPS) is 54.5. The van der Waals surface area contributed by atoms with Crippen molar-refractivity contribution >= 4 is 11.9 Å². The number of carbonyl (C=O) groups excluding carboxylic acids is 2. The maximum Gasteiger partial charge on any atom is 0.303 e. The van der Waals surface area contributed by atoms with Gasteiger partial charge in [0.05, 0.1) is 12.7 Å². The van der Waals surface area contributed by atoms with E-state index < -0.39 is 5.79 Å². The molecule has 13 atom stereocenters. The maximum absolute atomic E-state index is 12.0. The van der Waals surface area contributed by atoms with Gasteiger partial charge in [0.25, 0.3) is 0 Å². The summed E-state index contributed by atoms with van der Waals surface area (Å²) in [5, 5.41) is 0. The van der Waals surface area contributed by atoms with E-state index in [4.69, 9.17) is 18.9 Å². The Bertz CT molecular complexity index is 935. The van der Waals surface area contributed by atoms with Crippen molar-refractivity contribution in [2.45, 2.75) is 123 Å². The largest absolute Gasteiger partial charge is 0.463 e. The summed E-state index contributed by atoms with van der Waals surface area (Å²) in [6, 6.07) is 0. The summed E-state index contributed by atoms with van der Waals surface area (Å²) >= 11 is 0. The highest BCUT2D eigenvalue weighted by Crippen LogP contribution is 2.71. The van der Waals surface area contributed by atoms with Crippen LogP contribution in [0.2, 0.25) is 0 Å². The number of hydrogen-bond donors (Lipinski definition) is 0. The molecular formula is C31H48O6. The zero-order valence-corrected chi connectivity index (χ0v) is 23.8. The first kappa shape index (κ1) is 26.1. The van der Waals surface area contributed by atoms with Crippen molar-refractivity contribution in [3.8, 4) is 0 Å². The van der Waals surface area contributed by atoms with Gasteiger partial charge in [-0.05, 0) is 104 Å². The lowest BCUT2D eigenvalue weighted by atomic mass is 9.44. The quantitative estimate of drug-likeness (QED) is 0.425. The number of carbonyl (C=O) groups is 2. The average molecular weight is 517 g/mol. The van der Waals surface area contributed by atoms with Crippen molar-refractivity contribution < 1.29 is 28.5 Å². The molecule has 0 N–H and O–H groups in total. The Morgan fingerprint density at radius 1 is 0.838 bits per heavy atom. The van der Waals surface area contributed by atoms with E-state index in [2.05, 4.69) is 27.7 Å². The highest BCUT2D eigenvalue weighted by atomic mass is 16.7. The Morgan fingerprint density at radius 2 is 1.57 bits per heavy atom. The lowest BCUT2D eigenvalue weighted by Gasteiger charge is -2.61. The third kappa shape index (κ3) is 3.85. The molecule has 0 radical (unpaired) electrons. The molecule has 4 saturated carbocycles. The summed E-state index contributed by atoms with van der Waals surface area (Å²) in [5.74, 6) is 2.68. The van der Waals surface area contributed by atoms with Crippen LogP contribution in [0.1, 0.15) is 99.3 Å². The van der Waals surface area contributed by atoms with Gasteiger partial charge in [-0.25, -0.2) is 0 Å². The average Bonchev–Trinajstić information content (AvgIpc) is 3.27. The molecule has 4 aliphatic carbocycles. The molecule has 6 aliphatic rings. The standard InChI is InChI=1S/C31H48O6/c1-17-13-27(36-20(4)33)31(34-16-17)18(2)28-26(37-31)15-25-23-8-7-21-14-22(35-19(3)32)9-11-29(21,5)24(23)10-12-30(25,28)6/h17-18,21-28H,7-16H2,1-6H3/t17-,18-,21+,22-,23+,24-,25-,26-,27-,28-,29-,30-,31-/m0/s1. The van der Waals surface area contributed by atoms with Crippen LogP contribution in [0.5, 0.6) is 0 Å². The minimum absolute atomic E-state index is 0.112. The molecule has 1 spiro atoms. The van der Waals surface area contributed by atoms with E-state index in [1.807, 2.05) is 0 Å². The predicted molar refractivity (Wildman–Crippen MR) is 138 cm³/mol. The zero-order chi connectivity index (χ0) is 26.3. The first-order valence-electron chi connectivity index (χ1n) is 15.1. The summed E-state index contributed by atoms with van der Waals surface area (Å²) in [4.78, 5) is 23.6. The van der Waals surface area contributed by atoms with E-state index in [1.165, 1.54) is 39.0 Å². The van der Waals surface area contributed by atoms with Crippen LogP contribution in [0.3, 0.4) is 0 Å². The van der Waals surface area contributed by atoms with Crippen molar-refractivity contribution in [3.05, 3.63) is 0 Å². The first-order valence-corrected chi connectivity index (χ1v) is 15.1. The van der Waals surface area contributed by atoms with Crippen molar-refractivity contribution in [1.29, 1.82) is 0 Å². The Labute approximate surface area is 222 Å². The van der Waals surface area contributed by atoms with Gasteiger partial charge in [0.1, 0.15) is 6.10 Å². The van der Waals surface area contributed by atoms with Gasteiger partial charge in [0.2, 0.25) is 5.79 Å². The zero-order valence-electron chi connectivity index (χ0n) is 23.8. The third-order valence-electron chi connectivity index (χ3n) is 12.5. The van der Waals surface area contributed by atoms with Crippen LogP contribution < -0.4 is 0 Å². The van der Waals surface area contributed by atoms with Gasteiger partial charge >= 0.3 is 11.9 Å². The second kappa shape index (κ2) is 8.94. The smallest absolute Gasteiger partial charge is 0.303 e. The fourth-order valence-electron chi connectivity index (χ4n) is 11.0. The molecule has 6 nitrogen and oxygen atoms in total. The SMILES string of the molecule is CC(=O)O[C@H]1CC[C@@]2(C)[C@H](CC[C@@H]3[C@@H]2CC[C@]2(C)[C@@H]4[C@H](C[C@@H]32)O[C@@]2(OC[C@@H](C)C[C@@H]2OC(C)=O)[C@H]4C)C1. The van der Waals surface area contributed by atoms with E-state index in [0.717, 1.165) is 37.5 Å². The minimum Gasteiger partial charge on any atom is -0.463 e. The van der Waals surface area contributed by atoms with Gasteiger partial charge in [-0.3, -0.25) is 9.59 Å². The van der Waals surface area contributed by atoms with Crippen LogP contribution in [-0.4, -0.2) is 42.6 Å². The van der Waals surface area contributed by atoms with Gasteiger partial charge in [-0.1, -0.05) is 27.7 Å². The summed E-state index contributed by atoms with van der Waals surface area (Å²) < 4.78 is 25.0. The Kier molecular flexibility index (Phi) is 6.31. The molecule has 6 fully saturated rings. The molecule has 0 aromatic rings. The van der Waals surface area contributed by atoms with Gasteiger partial charge in [-0.15, -0.1) is 0 Å². The van der Waals surface area contributed by atoms with E-state index in [9.17, 15) is 9.59 Å². The molecule has 2 aliphatic heterocycles. The number of fused-ring (bicyclic) bond motifs is 7. The van der Waals surface area contributed by atoms with Gasteiger partial charge < -0.3 is 18.9 Å². The molecule has 2 saturated heterocycles. The molecule has 6 rings (SSSR count). The molecule has 0 unspecified atom stereocenters. The summed E-state index contributed by atoms with van der Waals surface area (Å²) in [5.41, 5.74) is 0.593. The van der Waals surface area contributed by atoms with E-state index in [-0.39, 0.29) is 41.6 Å². The van der Waals surface area contributed by atoms with Crippen LogP contribution in [0.15, 0.2) is 0 Å². The number of hydrogen-bond acceptors (Lipinski definition) is 6. The van der Waals surface area contributed by atoms with E-state index >= 15 is 0 Å². The van der Waals surface area contributed by atoms with Crippen molar-refractivity contribution in [3.63, 3.8) is 0 Å². The molecular weight excluding hydrogens is 468 g/mol. The highest BCUT2D eigenvalue weighted by molar-refractivity contribution is 5.66. The Morgan fingerprint density at radius 3 is 2.30 bits per heavy atom. The molecule has 208 valence electrons. The number of esters is 2. The van der Waals surface area contributed by atoms with Crippen molar-refractivity contribution in [1.82, 2.24) is 0 Å². The molecule has 2 heterocycles. The topological polar surface area (TPSA) is 71.1 Å². The van der Waals surface area contributed by atoms with Crippen LogP contribution in [0.4, 0.5) is 0 Å². The van der Waals surface area contributed by atoms with E-state index in [0.29, 0.717) is 35.7 Å². The van der Waals surface area contributed by atoms with Crippen LogP contribution >= 0.6 is 0 Å². The van der Waals surface area contributed by atoms with Gasteiger partial charge in [0.15, 0.2) is 6.10 Å². The fraction of sp³-hybridized carbons (Fsp3) is 0.935. The first-order chi connectivity index (χ1) is 17.5. The molecule has 0 aromatic heterocycles. The minimum atomic E-state index is -0.795. The molecule has 0 aromatic carbocycles. The van der Waals surface area contributed by atoms with Crippen molar-refractivity contribution in [2.75, 3.05) is 6.61 Å². The maximum atomic E-state index is 12.0. The summed E-state index contributed by atoms with van der Waals surface area (Å²) in [6.07, 6.45) is 10.2. The van der Waals surface area contributed by atoms with E-state index in [1.54, 1.807) is 6.92 Å². The van der Waals surface area contributed by atoms with Gasteiger partial charge in [0, 0.05) is 19.8 Å². The number of ether oxygens (including phenoxy) is 4. The second-order valence-corrected chi connectivity index (χ2v) is 14.4. The third-order valence-corrected chi connectivity index (χ3v) is 12.5. The fourth-order valence-corrected chi connectivity index (χ4v) is 11.0. The highest BCUT2D eigenvalue weighted by Gasteiger charge is 2.71. The predicted octanol–water partition coefficient (Wildman–Crippen LogP) is 5.91. The van der Waals surface area contributed by atoms with Crippen LogP contribution in [0, 0.1) is 52.3 Å². The lowest BCUT2D eigenvalue weighted by molar-refractivity contribution is -0.318. The Hall–Kier alpha value is -1.14. The summed E-state index contributed by atoms with van der Waals surface area (Å²) in [7, 11) is 0. The molecule has 0 bridgehead atoms. The van der Waals surface area contributed by atoms with Gasteiger partial charge in [-0.2, -0.15) is 0 Å². The van der Waals surface area contributed by atoms with Crippen LogP contribution in [0.25, 0.3) is 0 Å². The Balaban J connectivity index is 1.22. The second-order valence-electron chi connectivity index (χ2n) is 14.4. The summed E-state index contributed by atoms with van der Waals surface area (Å²) in [6.45, 7) is 13.3. The van der Waals surface area contributed by atoms with Crippen LogP contribution in [-0.2, 0) is 28.5 Å². The molecule has 37 heavy (non-hydrogen) atoms. The lowest BCUT2D eigenvalue weighted by Crippen LogP contribution is -2.58.